The van der Waals surface area contributed by atoms with Crippen LogP contribution in [0.4, 0.5) is 0 Å². The molecule has 0 aromatic rings. The second-order valence-electron chi connectivity index (χ2n) is 7.49. The zero-order valence-electron chi connectivity index (χ0n) is 11.9. The lowest BCUT2D eigenvalue weighted by molar-refractivity contribution is -0.165. The van der Waals surface area contributed by atoms with Gasteiger partial charge in [-0.1, -0.05) is 12.2 Å². The molecule has 4 nitrogen and oxygen atoms in total. The molecule has 21 heavy (non-hydrogen) atoms. The van der Waals surface area contributed by atoms with E-state index in [0.29, 0.717) is 36.7 Å². The standard InChI is InChI=1S/C17H20O4/c18-16(21-13-3-4-20-17(13)19)12-7-10-6-11(12)15-9-2-1-8(5-9)14(10)15/h1-2,8-15H,3-7H2. The number of carbonyl (C=O) groups excluding carboxylic acids is 2. The van der Waals surface area contributed by atoms with E-state index in [0.717, 1.165) is 18.3 Å². The van der Waals surface area contributed by atoms with E-state index in [1.165, 1.54) is 12.8 Å². The van der Waals surface area contributed by atoms with Crippen LogP contribution in [0.15, 0.2) is 12.2 Å². The number of allylic oxidation sites excluding steroid dienone is 2. The van der Waals surface area contributed by atoms with Crippen LogP contribution in [0.3, 0.4) is 0 Å². The number of hydrogen-bond acceptors (Lipinski definition) is 4. The molecule has 4 aliphatic carbocycles. The molecule has 1 heterocycles. The summed E-state index contributed by atoms with van der Waals surface area (Å²) in [6.07, 6.45) is 8.14. The van der Waals surface area contributed by atoms with E-state index >= 15 is 0 Å². The van der Waals surface area contributed by atoms with Crippen LogP contribution < -0.4 is 0 Å². The molecule has 8 unspecified atom stereocenters. The van der Waals surface area contributed by atoms with Gasteiger partial charge < -0.3 is 9.47 Å². The molecule has 0 N–H and O–H groups in total. The molecule has 5 rings (SSSR count). The van der Waals surface area contributed by atoms with Gasteiger partial charge in [-0.3, -0.25) is 4.79 Å². The van der Waals surface area contributed by atoms with Crippen molar-refractivity contribution in [3.63, 3.8) is 0 Å². The predicted octanol–water partition coefficient (Wildman–Crippen LogP) is 1.94. The fourth-order valence-electron chi connectivity index (χ4n) is 6.10. The first-order valence-corrected chi connectivity index (χ1v) is 8.28. The minimum absolute atomic E-state index is 0.0254. The highest BCUT2D eigenvalue weighted by molar-refractivity contribution is 5.81. The van der Waals surface area contributed by atoms with E-state index in [9.17, 15) is 9.59 Å². The van der Waals surface area contributed by atoms with E-state index in [1.54, 1.807) is 0 Å². The Kier molecular flexibility index (Phi) is 2.40. The lowest BCUT2D eigenvalue weighted by Crippen LogP contribution is -2.37. The summed E-state index contributed by atoms with van der Waals surface area (Å²) in [5, 5.41) is 0. The minimum atomic E-state index is -0.646. The maximum atomic E-state index is 12.5. The Morgan fingerprint density at radius 1 is 1.14 bits per heavy atom. The summed E-state index contributed by atoms with van der Waals surface area (Å²) in [7, 11) is 0. The molecule has 1 saturated heterocycles. The van der Waals surface area contributed by atoms with Crippen LogP contribution in [0.2, 0.25) is 0 Å². The smallest absolute Gasteiger partial charge is 0.347 e. The van der Waals surface area contributed by atoms with E-state index in [-0.39, 0.29) is 17.9 Å². The molecule has 0 spiro atoms. The van der Waals surface area contributed by atoms with Gasteiger partial charge in [0.2, 0.25) is 6.10 Å². The topological polar surface area (TPSA) is 52.6 Å². The zero-order chi connectivity index (χ0) is 14.1. The van der Waals surface area contributed by atoms with Crippen molar-refractivity contribution in [2.45, 2.75) is 31.8 Å². The van der Waals surface area contributed by atoms with Crippen molar-refractivity contribution >= 4 is 11.9 Å². The third-order valence-electron chi connectivity index (χ3n) is 6.72. The zero-order valence-corrected chi connectivity index (χ0v) is 11.9. The second kappa shape index (κ2) is 4.11. The second-order valence-corrected chi connectivity index (χ2v) is 7.49. The van der Waals surface area contributed by atoms with Crippen LogP contribution in [-0.4, -0.2) is 24.6 Å². The molecule has 8 atom stereocenters. The summed E-state index contributed by atoms with van der Waals surface area (Å²) in [5.41, 5.74) is 0. The Bertz CT molecular complexity index is 539. The van der Waals surface area contributed by atoms with Crippen LogP contribution in [0, 0.1) is 41.4 Å². The van der Waals surface area contributed by atoms with Gasteiger partial charge in [0.15, 0.2) is 0 Å². The van der Waals surface area contributed by atoms with Crippen molar-refractivity contribution in [3.8, 4) is 0 Å². The number of ether oxygens (including phenoxy) is 2. The number of cyclic esters (lactones) is 1. The van der Waals surface area contributed by atoms with Gasteiger partial charge in [-0.2, -0.15) is 0 Å². The summed E-state index contributed by atoms with van der Waals surface area (Å²) in [6.45, 7) is 0.382. The maximum Gasteiger partial charge on any atom is 0.347 e. The van der Waals surface area contributed by atoms with Crippen molar-refractivity contribution in [1.82, 2.24) is 0 Å². The Hall–Kier alpha value is -1.32. The molecule has 0 aromatic heterocycles. The number of fused-ring (bicyclic) bond motifs is 9. The summed E-state index contributed by atoms with van der Waals surface area (Å²) < 4.78 is 10.3. The minimum Gasteiger partial charge on any atom is -0.463 e. The van der Waals surface area contributed by atoms with Gasteiger partial charge in [0.25, 0.3) is 0 Å². The lowest BCUT2D eigenvalue weighted by atomic mass is 9.69. The Morgan fingerprint density at radius 3 is 2.71 bits per heavy atom. The van der Waals surface area contributed by atoms with E-state index in [1.807, 2.05) is 0 Å². The van der Waals surface area contributed by atoms with Crippen LogP contribution in [0.5, 0.6) is 0 Å². The van der Waals surface area contributed by atoms with Crippen LogP contribution in [-0.2, 0) is 19.1 Å². The van der Waals surface area contributed by atoms with Crippen molar-refractivity contribution < 1.29 is 19.1 Å². The van der Waals surface area contributed by atoms with Gasteiger partial charge in [0, 0.05) is 6.42 Å². The Morgan fingerprint density at radius 2 is 1.95 bits per heavy atom. The quantitative estimate of drug-likeness (QED) is 0.443. The van der Waals surface area contributed by atoms with Crippen molar-refractivity contribution in [2.75, 3.05) is 6.61 Å². The first-order chi connectivity index (χ1) is 10.2. The van der Waals surface area contributed by atoms with Crippen LogP contribution in [0.1, 0.15) is 25.7 Å². The van der Waals surface area contributed by atoms with Crippen LogP contribution >= 0.6 is 0 Å². The molecule has 0 aromatic carbocycles. The highest BCUT2D eigenvalue weighted by Crippen LogP contribution is 2.67. The summed E-state index contributed by atoms with van der Waals surface area (Å²) >= 11 is 0. The van der Waals surface area contributed by atoms with Crippen molar-refractivity contribution in [1.29, 1.82) is 0 Å². The summed E-state index contributed by atoms with van der Waals surface area (Å²) in [4.78, 5) is 23.9. The average Bonchev–Trinajstić information content (AvgIpc) is 3.24. The Balaban J connectivity index is 1.32. The summed E-state index contributed by atoms with van der Waals surface area (Å²) in [5.74, 6) is 3.70. The largest absolute Gasteiger partial charge is 0.463 e. The van der Waals surface area contributed by atoms with E-state index in [4.69, 9.17) is 9.47 Å². The first-order valence-electron chi connectivity index (χ1n) is 8.28. The third kappa shape index (κ3) is 1.56. The molecule has 112 valence electrons. The monoisotopic (exact) mass is 288 g/mol. The van der Waals surface area contributed by atoms with Gasteiger partial charge in [-0.25, -0.2) is 4.79 Å². The first kappa shape index (κ1) is 12.2. The average molecular weight is 288 g/mol. The highest BCUT2D eigenvalue weighted by atomic mass is 16.6. The van der Waals surface area contributed by atoms with Gasteiger partial charge in [0.05, 0.1) is 12.5 Å². The normalized spacial score (nSPS) is 52.3. The third-order valence-corrected chi connectivity index (χ3v) is 6.72. The highest BCUT2D eigenvalue weighted by Gasteiger charge is 2.62. The van der Waals surface area contributed by atoms with Gasteiger partial charge in [-0.15, -0.1) is 0 Å². The van der Waals surface area contributed by atoms with E-state index in [2.05, 4.69) is 12.2 Å². The van der Waals surface area contributed by atoms with E-state index < -0.39 is 6.10 Å². The molecule has 3 saturated carbocycles. The van der Waals surface area contributed by atoms with Crippen molar-refractivity contribution in [2.24, 2.45) is 41.4 Å². The van der Waals surface area contributed by atoms with Gasteiger partial charge in [0.1, 0.15) is 0 Å². The SMILES string of the molecule is O=C1OCCC1OC(=O)C1CC2CC1C1C3C=CC(C3)C21. The number of rotatable bonds is 2. The predicted molar refractivity (Wildman–Crippen MR) is 72.9 cm³/mol. The molecular formula is C17H20O4. The summed E-state index contributed by atoms with van der Waals surface area (Å²) in [6, 6.07) is 0. The van der Waals surface area contributed by atoms with Crippen LogP contribution in [0.25, 0.3) is 0 Å². The van der Waals surface area contributed by atoms with Crippen molar-refractivity contribution in [3.05, 3.63) is 12.2 Å². The fraction of sp³-hybridized carbons (Fsp3) is 0.765. The number of hydrogen-bond donors (Lipinski definition) is 0. The molecule has 4 heteroatoms. The molecule has 4 bridgehead atoms. The lowest BCUT2D eigenvalue weighted by Gasteiger charge is -2.35. The van der Waals surface area contributed by atoms with Gasteiger partial charge in [-0.05, 0) is 54.8 Å². The maximum absolute atomic E-state index is 12.5. The number of carbonyl (C=O) groups is 2. The molecular weight excluding hydrogens is 268 g/mol. The van der Waals surface area contributed by atoms with Gasteiger partial charge >= 0.3 is 11.9 Å². The molecule has 1 aliphatic heterocycles. The number of esters is 2. The molecule has 4 fully saturated rings. The molecule has 0 amide bonds. The molecule has 0 radical (unpaired) electrons. The fourth-order valence-corrected chi connectivity index (χ4v) is 6.10. The molecule has 5 aliphatic rings. The Labute approximate surface area is 123 Å².